The maximum absolute atomic E-state index is 12.4. The number of fused-ring (bicyclic) bond motifs is 1. The molecule has 0 aliphatic rings. The van der Waals surface area contributed by atoms with Crippen LogP contribution in [0, 0.1) is 13.8 Å². The van der Waals surface area contributed by atoms with Crippen LogP contribution < -0.4 is 0 Å². The van der Waals surface area contributed by atoms with Gasteiger partial charge in [0.2, 0.25) is 0 Å². The molecule has 28 heavy (non-hydrogen) atoms. The number of carbonyl (C=O) groups is 2. The molecule has 2 aromatic heterocycles. The molecule has 0 unspecified atom stereocenters. The van der Waals surface area contributed by atoms with Gasteiger partial charge in [-0.25, -0.2) is 4.79 Å². The molecule has 2 heterocycles. The first-order chi connectivity index (χ1) is 13.4. The minimum atomic E-state index is -0.469. The minimum absolute atomic E-state index is 0.179. The van der Waals surface area contributed by atoms with E-state index in [1.807, 2.05) is 25.5 Å². The van der Waals surface area contributed by atoms with Gasteiger partial charge in [-0.2, -0.15) is 5.10 Å². The fourth-order valence-electron chi connectivity index (χ4n) is 3.05. The van der Waals surface area contributed by atoms with Gasteiger partial charge in [-0.05, 0) is 39.3 Å². The van der Waals surface area contributed by atoms with Crippen molar-refractivity contribution in [2.75, 3.05) is 19.7 Å². The van der Waals surface area contributed by atoms with E-state index < -0.39 is 5.97 Å². The number of esters is 1. The normalized spacial score (nSPS) is 11.0. The zero-order valence-electron chi connectivity index (χ0n) is 16.7. The van der Waals surface area contributed by atoms with Gasteiger partial charge in [0.15, 0.2) is 6.61 Å². The number of aromatic nitrogens is 2. The van der Waals surface area contributed by atoms with Crippen LogP contribution in [-0.2, 0) is 16.1 Å². The molecule has 0 bridgehead atoms. The Hall–Kier alpha value is -2.67. The number of thiophene rings is 1. The highest BCUT2D eigenvalue weighted by atomic mass is 32.1. The summed E-state index contributed by atoms with van der Waals surface area (Å²) in [6, 6.07) is 10.1. The van der Waals surface area contributed by atoms with Crippen LogP contribution in [0.5, 0.6) is 0 Å². The van der Waals surface area contributed by atoms with Crippen molar-refractivity contribution in [2.24, 2.45) is 0 Å². The predicted octanol–water partition coefficient (Wildman–Crippen LogP) is 3.79. The number of likely N-dealkylation sites (N-methyl/N-ethyl adjacent to an activating group) is 1. The first kappa shape index (κ1) is 20.1. The maximum atomic E-state index is 12.4. The second-order valence-electron chi connectivity index (χ2n) is 6.70. The lowest BCUT2D eigenvalue weighted by Crippen LogP contribution is -2.34. The summed E-state index contributed by atoms with van der Waals surface area (Å²) in [5, 5.41) is 5.55. The zero-order valence-corrected chi connectivity index (χ0v) is 17.5. The van der Waals surface area contributed by atoms with Crippen LogP contribution in [0.1, 0.15) is 40.3 Å². The topological polar surface area (TPSA) is 64.4 Å². The third-order valence-corrected chi connectivity index (χ3v) is 5.83. The fourth-order valence-corrected chi connectivity index (χ4v) is 4.11. The van der Waals surface area contributed by atoms with Gasteiger partial charge in [0.1, 0.15) is 9.71 Å². The van der Waals surface area contributed by atoms with Crippen LogP contribution >= 0.6 is 11.3 Å². The number of rotatable bonds is 7. The number of nitrogens with zero attached hydrogens (tertiary/aromatic N) is 3. The summed E-state index contributed by atoms with van der Waals surface area (Å²) >= 11 is 1.35. The van der Waals surface area contributed by atoms with Gasteiger partial charge >= 0.3 is 5.97 Å². The Morgan fingerprint density at radius 1 is 1.14 bits per heavy atom. The summed E-state index contributed by atoms with van der Waals surface area (Å²) in [5.74, 6) is -0.649. The second kappa shape index (κ2) is 8.56. The summed E-state index contributed by atoms with van der Waals surface area (Å²) in [6.45, 7) is 9.40. The first-order valence-electron chi connectivity index (χ1n) is 9.40. The molecule has 1 aromatic carbocycles. The van der Waals surface area contributed by atoms with Crippen LogP contribution in [0.4, 0.5) is 0 Å². The Bertz CT molecular complexity index is 984. The van der Waals surface area contributed by atoms with Crippen molar-refractivity contribution in [3.63, 3.8) is 0 Å². The van der Waals surface area contributed by atoms with Gasteiger partial charge in [-0.15, -0.1) is 11.3 Å². The summed E-state index contributed by atoms with van der Waals surface area (Å²) < 4.78 is 7.15. The highest BCUT2D eigenvalue weighted by Crippen LogP contribution is 2.29. The SMILES string of the molecule is CCN(CC)C(=O)COC(=O)c1cc2c(C)nn(Cc3ccc(C)cc3)c2s1. The van der Waals surface area contributed by atoms with Crippen LogP contribution in [0.25, 0.3) is 10.2 Å². The third-order valence-electron chi connectivity index (χ3n) is 4.70. The number of aryl methyl sites for hydroxylation is 2. The summed E-state index contributed by atoms with van der Waals surface area (Å²) in [4.78, 5) is 27.5. The van der Waals surface area contributed by atoms with Crippen molar-refractivity contribution < 1.29 is 14.3 Å². The van der Waals surface area contributed by atoms with Crippen LogP contribution in [0.3, 0.4) is 0 Å². The first-order valence-corrected chi connectivity index (χ1v) is 10.2. The van der Waals surface area contributed by atoms with E-state index in [-0.39, 0.29) is 12.5 Å². The molecule has 1 amide bonds. The van der Waals surface area contributed by atoms with Gasteiger partial charge in [0.05, 0.1) is 12.2 Å². The van der Waals surface area contributed by atoms with E-state index in [9.17, 15) is 9.59 Å². The second-order valence-corrected chi connectivity index (χ2v) is 7.73. The van der Waals surface area contributed by atoms with E-state index >= 15 is 0 Å². The number of ether oxygens (including phenoxy) is 1. The number of hydrogen-bond acceptors (Lipinski definition) is 5. The molecule has 0 radical (unpaired) electrons. The standard InChI is InChI=1S/C21H25N3O3S/c1-5-23(6-2)19(25)13-27-21(26)18-11-17-15(4)22-24(20(17)28-18)12-16-9-7-14(3)8-10-16/h7-11H,5-6,12-13H2,1-4H3. The molecule has 0 N–H and O–H groups in total. The molecule has 0 aliphatic heterocycles. The summed E-state index contributed by atoms with van der Waals surface area (Å²) in [7, 11) is 0. The summed E-state index contributed by atoms with van der Waals surface area (Å²) in [6.07, 6.45) is 0. The van der Waals surface area contributed by atoms with Crippen LogP contribution in [0.2, 0.25) is 0 Å². The molecule has 3 aromatic rings. The average Bonchev–Trinajstić information content (AvgIpc) is 3.24. The highest BCUT2D eigenvalue weighted by Gasteiger charge is 2.19. The molecular formula is C21H25N3O3S. The molecule has 3 rings (SSSR count). The van der Waals surface area contributed by atoms with Gasteiger partial charge in [0.25, 0.3) is 5.91 Å². The lowest BCUT2D eigenvalue weighted by Gasteiger charge is -2.17. The molecular weight excluding hydrogens is 374 g/mol. The Morgan fingerprint density at radius 2 is 1.82 bits per heavy atom. The van der Waals surface area contributed by atoms with Crippen molar-refractivity contribution >= 4 is 33.4 Å². The average molecular weight is 400 g/mol. The van der Waals surface area contributed by atoms with Gasteiger partial charge < -0.3 is 9.64 Å². The molecule has 0 spiro atoms. The van der Waals surface area contributed by atoms with E-state index in [4.69, 9.17) is 4.74 Å². The fraction of sp³-hybridized carbons (Fsp3) is 0.381. The van der Waals surface area contributed by atoms with Crippen molar-refractivity contribution in [3.8, 4) is 0 Å². The number of carbonyl (C=O) groups excluding carboxylic acids is 2. The highest BCUT2D eigenvalue weighted by molar-refractivity contribution is 7.20. The number of hydrogen-bond donors (Lipinski definition) is 0. The maximum Gasteiger partial charge on any atom is 0.348 e. The van der Waals surface area contributed by atoms with E-state index in [1.165, 1.54) is 16.9 Å². The Morgan fingerprint density at radius 3 is 2.46 bits per heavy atom. The van der Waals surface area contributed by atoms with Crippen molar-refractivity contribution in [1.82, 2.24) is 14.7 Å². The Labute approximate surface area is 168 Å². The molecule has 7 heteroatoms. The molecule has 6 nitrogen and oxygen atoms in total. The largest absolute Gasteiger partial charge is 0.451 e. The van der Waals surface area contributed by atoms with Crippen molar-refractivity contribution in [1.29, 1.82) is 0 Å². The Kier molecular flexibility index (Phi) is 6.14. The van der Waals surface area contributed by atoms with E-state index in [0.29, 0.717) is 24.5 Å². The molecule has 0 atom stereocenters. The third kappa shape index (κ3) is 4.25. The lowest BCUT2D eigenvalue weighted by atomic mass is 10.1. The quantitative estimate of drug-likeness (QED) is 0.567. The lowest BCUT2D eigenvalue weighted by molar-refractivity contribution is -0.134. The molecule has 0 saturated heterocycles. The minimum Gasteiger partial charge on any atom is -0.451 e. The van der Waals surface area contributed by atoms with Crippen molar-refractivity contribution in [2.45, 2.75) is 34.2 Å². The van der Waals surface area contributed by atoms with E-state index in [1.54, 1.807) is 11.0 Å². The molecule has 0 aliphatic carbocycles. The monoisotopic (exact) mass is 399 g/mol. The van der Waals surface area contributed by atoms with Gasteiger partial charge in [-0.1, -0.05) is 29.8 Å². The molecule has 148 valence electrons. The van der Waals surface area contributed by atoms with Crippen molar-refractivity contribution in [3.05, 3.63) is 52.0 Å². The predicted molar refractivity (Wildman–Crippen MR) is 111 cm³/mol. The zero-order chi connectivity index (χ0) is 20.3. The van der Waals surface area contributed by atoms with Crippen LogP contribution in [-0.4, -0.2) is 46.3 Å². The molecule has 0 fully saturated rings. The smallest absolute Gasteiger partial charge is 0.348 e. The number of amides is 1. The summed E-state index contributed by atoms with van der Waals surface area (Å²) in [5.41, 5.74) is 3.24. The number of benzene rings is 1. The molecule has 0 saturated carbocycles. The van der Waals surface area contributed by atoms with Gasteiger partial charge in [-0.3, -0.25) is 9.48 Å². The van der Waals surface area contributed by atoms with Gasteiger partial charge in [0, 0.05) is 18.5 Å². The van der Waals surface area contributed by atoms with Crippen LogP contribution in [0.15, 0.2) is 30.3 Å². The van der Waals surface area contributed by atoms with E-state index in [2.05, 4.69) is 36.3 Å². The van der Waals surface area contributed by atoms with E-state index in [0.717, 1.165) is 21.5 Å². The Balaban J connectivity index is 1.75.